The van der Waals surface area contributed by atoms with Crippen LogP contribution in [0.15, 0.2) is 23.3 Å². The molecule has 0 radical (unpaired) electrons. The smallest absolute Gasteiger partial charge is 0.251 e. The molecule has 0 atom stereocenters. The van der Waals surface area contributed by atoms with Gasteiger partial charge in [-0.05, 0) is 25.3 Å². The normalized spacial score (nSPS) is 20.3. The van der Waals surface area contributed by atoms with E-state index in [1.165, 1.54) is 6.42 Å². The molecule has 0 N–H and O–H groups in total. The first-order valence-electron chi connectivity index (χ1n) is 6.70. The number of hydrogen-bond donors (Lipinski definition) is 0. The van der Waals surface area contributed by atoms with Crippen LogP contribution in [0, 0.1) is 0 Å². The summed E-state index contributed by atoms with van der Waals surface area (Å²) in [5.41, 5.74) is 0.766. The molecule has 1 amide bonds. The fraction of sp³-hybridized carbons (Fsp3) is 0.643. The van der Waals surface area contributed by atoms with Gasteiger partial charge in [-0.1, -0.05) is 0 Å². The van der Waals surface area contributed by atoms with Crippen LogP contribution in [0.2, 0.25) is 0 Å². The van der Waals surface area contributed by atoms with Crippen molar-refractivity contribution in [2.75, 3.05) is 40.9 Å². The Hall–Kier alpha value is -1.65. The summed E-state index contributed by atoms with van der Waals surface area (Å²) >= 11 is 0. The van der Waals surface area contributed by atoms with Crippen LogP contribution in [0.5, 0.6) is 0 Å². The topological polar surface area (TPSA) is 42.0 Å². The Morgan fingerprint density at radius 2 is 1.84 bits per heavy atom. The maximum Gasteiger partial charge on any atom is 0.251 e. The minimum Gasteiger partial charge on any atom is -0.491 e. The number of methoxy groups -OCH3 is 2. The van der Waals surface area contributed by atoms with E-state index in [-0.39, 0.29) is 5.91 Å². The van der Waals surface area contributed by atoms with Crippen molar-refractivity contribution in [1.29, 1.82) is 0 Å². The highest BCUT2D eigenvalue weighted by atomic mass is 16.5. The summed E-state index contributed by atoms with van der Waals surface area (Å²) in [6.45, 7) is 2.29. The van der Waals surface area contributed by atoms with E-state index in [9.17, 15) is 4.79 Å². The number of carbonyl (C=O) groups is 1. The van der Waals surface area contributed by atoms with E-state index in [0.29, 0.717) is 18.2 Å². The summed E-state index contributed by atoms with van der Waals surface area (Å²) in [5.74, 6) is 1.39. The third-order valence-corrected chi connectivity index (χ3v) is 3.60. The van der Waals surface area contributed by atoms with Crippen LogP contribution in [-0.4, -0.2) is 56.6 Å². The van der Waals surface area contributed by atoms with Crippen molar-refractivity contribution in [2.24, 2.45) is 0 Å². The van der Waals surface area contributed by atoms with Gasteiger partial charge in [0, 0.05) is 25.7 Å². The van der Waals surface area contributed by atoms with Gasteiger partial charge in [-0.15, -0.1) is 0 Å². The summed E-state index contributed by atoms with van der Waals surface area (Å²) < 4.78 is 10.6. The quantitative estimate of drug-likeness (QED) is 0.773. The van der Waals surface area contributed by atoms with Gasteiger partial charge in [0.2, 0.25) is 5.88 Å². The first-order valence-corrected chi connectivity index (χ1v) is 6.70. The monoisotopic (exact) mass is 266 g/mol. The molecular formula is C14H22N2O3. The van der Waals surface area contributed by atoms with E-state index in [1.54, 1.807) is 20.3 Å². The third-order valence-electron chi connectivity index (χ3n) is 3.60. The lowest BCUT2D eigenvalue weighted by atomic mass is 10.1. The van der Waals surface area contributed by atoms with E-state index in [4.69, 9.17) is 9.47 Å². The van der Waals surface area contributed by atoms with Crippen molar-refractivity contribution < 1.29 is 14.3 Å². The van der Waals surface area contributed by atoms with Gasteiger partial charge >= 0.3 is 0 Å². The molecule has 0 aliphatic carbocycles. The Kier molecular flexibility index (Phi) is 4.35. The average Bonchev–Trinajstić information content (AvgIpc) is 2.46. The predicted molar refractivity (Wildman–Crippen MR) is 72.2 cm³/mol. The molecule has 0 aromatic rings. The van der Waals surface area contributed by atoms with E-state index >= 15 is 0 Å². The second-order valence-corrected chi connectivity index (χ2v) is 4.96. The summed E-state index contributed by atoms with van der Waals surface area (Å²) in [6, 6.07) is 0. The summed E-state index contributed by atoms with van der Waals surface area (Å²) in [4.78, 5) is 16.3. The van der Waals surface area contributed by atoms with Crippen molar-refractivity contribution in [3.05, 3.63) is 23.3 Å². The zero-order chi connectivity index (χ0) is 13.8. The predicted octanol–water partition coefficient (Wildman–Crippen LogP) is 1.33. The highest BCUT2D eigenvalue weighted by molar-refractivity contribution is 5.94. The zero-order valence-corrected chi connectivity index (χ0v) is 11.9. The van der Waals surface area contributed by atoms with Gasteiger partial charge in [0.05, 0.1) is 20.8 Å². The third kappa shape index (κ3) is 2.85. The molecule has 1 fully saturated rings. The number of ether oxygens (including phenoxy) is 2. The molecule has 0 aromatic carbocycles. The van der Waals surface area contributed by atoms with Gasteiger partial charge in [-0.2, -0.15) is 0 Å². The molecule has 1 saturated heterocycles. The van der Waals surface area contributed by atoms with Crippen LogP contribution < -0.4 is 0 Å². The van der Waals surface area contributed by atoms with E-state index < -0.39 is 0 Å². The fourth-order valence-corrected chi connectivity index (χ4v) is 2.61. The molecule has 0 unspecified atom stereocenters. The Bertz CT molecular complexity index is 409. The lowest BCUT2D eigenvalue weighted by molar-refractivity contribution is -0.128. The number of hydrogen-bond acceptors (Lipinski definition) is 4. The van der Waals surface area contributed by atoms with Crippen molar-refractivity contribution >= 4 is 5.91 Å². The number of likely N-dealkylation sites (tertiary alicyclic amines) is 1. The summed E-state index contributed by atoms with van der Waals surface area (Å²) in [7, 11) is 5.09. The number of nitrogens with zero attached hydrogens (tertiary/aromatic N) is 2. The molecule has 2 aliphatic heterocycles. The second kappa shape index (κ2) is 5.99. The lowest BCUT2D eigenvalue weighted by Gasteiger charge is -2.32. The van der Waals surface area contributed by atoms with E-state index in [2.05, 4.69) is 0 Å². The summed E-state index contributed by atoms with van der Waals surface area (Å²) in [5, 5.41) is 0. The van der Waals surface area contributed by atoms with Crippen LogP contribution in [0.25, 0.3) is 0 Å². The lowest BCUT2D eigenvalue weighted by Crippen LogP contribution is -2.40. The molecule has 2 heterocycles. The largest absolute Gasteiger partial charge is 0.491 e. The molecule has 5 heteroatoms. The van der Waals surface area contributed by atoms with Gasteiger partial charge in [0.25, 0.3) is 5.91 Å². The number of carbonyl (C=O) groups excluding carboxylic acids is 1. The van der Waals surface area contributed by atoms with Gasteiger partial charge in [-0.25, -0.2) is 0 Å². The standard InChI is InChI=1S/C14H22N2O3/c1-15-10-11(9-12(18-2)14(15)19-3)13(17)16-7-5-4-6-8-16/h9H,4-8,10H2,1-3H3. The number of likely N-dealkylation sites (N-methyl/N-ethyl adjacent to an activating group) is 1. The van der Waals surface area contributed by atoms with Crippen molar-refractivity contribution in [3.63, 3.8) is 0 Å². The number of allylic oxidation sites excluding steroid dienone is 1. The van der Waals surface area contributed by atoms with Gasteiger partial charge in [0.15, 0.2) is 5.76 Å². The maximum atomic E-state index is 12.5. The second-order valence-electron chi connectivity index (χ2n) is 4.96. The molecule has 2 aliphatic rings. The first-order chi connectivity index (χ1) is 9.17. The minimum atomic E-state index is 0.122. The fourth-order valence-electron chi connectivity index (χ4n) is 2.61. The average molecular weight is 266 g/mol. The van der Waals surface area contributed by atoms with Crippen molar-refractivity contribution in [1.82, 2.24) is 9.80 Å². The Labute approximate surface area is 114 Å². The SMILES string of the molecule is COC1=C(OC)N(C)CC(C(=O)N2CCCCC2)=C1. The summed E-state index contributed by atoms with van der Waals surface area (Å²) in [6.07, 6.45) is 5.23. The molecule has 5 nitrogen and oxygen atoms in total. The van der Waals surface area contributed by atoms with Crippen LogP contribution in [0.1, 0.15) is 19.3 Å². The number of piperidine rings is 1. The van der Waals surface area contributed by atoms with Crippen LogP contribution in [0.4, 0.5) is 0 Å². The van der Waals surface area contributed by atoms with Crippen LogP contribution in [0.3, 0.4) is 0 Å². The molecule has 0 aromatic heterocycles. The first kappa shape index (κ1) is 13.8. The Morgan fingerprint density at radius 3 is 2.42 bits per heavy atom. The minimum absolute atomic E-state index is 0.122. The highest BCUT2D eigenvalue weighted by Crippen LogP contribution is 2.23. The van der Waals surface area contributed by atoms with Gasteiger partial charge < -0.3 is 19.3 Å². The molecule has 0 spiro atoms. The molecular weight excluding hydrogens is 244 g/mol. The molecule has 19 heavy (non-hydrogen) atoms. The highest BCUT2D eigenvalue weighted by Gasteiger charge is 2.27. The van der Waals surface area contributed by atoms with Crippen molar-refractivity contribution in [3.8, 4) is 0 Å². The maximum absolute atomic E-state index is 12.5. The van der Waals surface area contributed by atoms with Crippen LogP contribution in [-0.2, 0) is 14.3 Å². The molecule has 106 valence electrons. The number of amides is 1. The van der Waals surface area contributed by atoms with Gasteiger partial charge in [-0.3, -0.25) is 4.79 Å². The zero-order valence-electron chi connectivity index (χ0n) is 11.9. The van der Waals surface area contributed by atoms with Gasteiger partial charge in [0.1, 0.15) is 0 Å². The molecule has 0 bridgehead atoms. The van der Waals surface area contributed by atoms with E-state index in [1.807, 2.05) is 16.8 Å². The van der Waals surface area contributed by atoms with Crippen molar-refractivity contribution in [2.45, 2.75) is 19.3 Å². The van der Waals surface area contributed by atoms with E-state index in [0.717, 1.165) is 31.5 Å². The molecule has 2 rings (SSSR count). The Morgan fingerprint density at radius 1 is 1.16 bits per heavy atom. The molecule has 0 saturated carbocycles. The number of rotatable bonds is 3. The Balaban J connectivity index is 2.18. The van der Waals surface area contributed by atoms with Crippen LogP contribution >= 0.6 is 0 Å².